The minimum absolute atomic E-state index is 0.306. The van der Waals surface area contributed by atoms with Crippen molar-refractivity contribution in [2.75, 3.05) is 13.6 Å². The van der Waals surface area contributed by atoms with E-state index in [2.05, 4.69) is 96.9 Å². The topological polar surface area (TPSA) is 27.0 Å². The minimum atomic E-state index is -0.596. The van der Waals surface area contributed by atoms with Crippen molar-refractivity contribution >= 4 is 0 Å². The Morgan fingerprint density at radius 2 is 1.39 bits per heavy atom. The second-order valence-corrected chi connectivity index (χ2v) is 8.89. The molecule has 31 heavy (non-hydrogen) atoms. The average Bonchev–Trinajstić information content (AvgIpc) is 2.85. The number of nitrogens with zero attached hydrogens (tertiary/aromatic N) is 2. The zero-order valence-corrected chi connectivity index (χ0v) is 18.5. The van der Waals surface area contributed by atoms with Crippen LogP contribution in [0, 0.1) is 17.2 Å². The van der Waals surface area contributed by atoms with E-state index in [-0.39, 0.29) is 0 Å². The quantitative estimate of drug-likeness (QED) is 0.463. The molecule has 0 aromatic heterocycles. The highest BCUT2D eigenvalue weighted by atomic mass is 15.1. The summed E-state index contributed by atoms with van der Waals surface area (Å²) in [7, 11) is 2.26. The Morgan fingerprint density at radius 3 is 1.94 bits per heavy atom. The van der Waals surface area contributed by atoms with Gasteiger partial charge in [0.1, 0.15) is 5.41 Å². The van der Waals surface area contributed by atoms with Crippen LogP contribution in [0.25, 0.3) is 0 Å². The third-order valence-corrected chi connectivity index (χ3v) is 7.11. The number of hydrogen-bond donors (Lipinski definition) is 0. The van der Waals surface area contributed by atoms with Crippen molar-refractivity contribution in [1.29, 1.82) is 5.26 Å². The van der Waals surface area contributed by atoms with E-state index in [1.165, 1.54) is 18.4 Å². The fraction of sp³-hybridized carbons (Fsp3) is 0.345. The van der Waals surface area contributed by atoms with Crippen LogP contribution in [0.3, 0.4) is 0 Å². The van der Waals surface area contributed by atoms with Crippen molar-refractivity contribution in [3.8, 4) is 6.07 Å². The van der Waals surface area contributed by atoms with Crippen LogP contribution in [0.1, 0.15) is 42.4 Å². The lowest BCUT2D eigenvalue weighted by Crippen LogP contribution is -2.44. The number of nitriles is 1. The van der Waals surface area contributed by atoms with Crippen LogP contribution in [-0.4, -0.2) is 24.5 Å². The first-order valence-electron chi connectivity index (χ1n) is 11.5. The van der Waals surface area contributed by atoms with E-state index >= 15 is 0 Å². The lowest BCUT2D eigenvalue weighted by Gasteiger charge is -2.43. The molecule has 2 nitrogen and oxygen atoms in total. The molecule has 4 rings (SSSR count). The van der Waals surface area contributed by atoms with Gasteiger partial charge in [-0.05, 0) is 55.3 Å². The van der Waals surface area contributed by atoms with Gasteiger partial charge in [-0.15, -0.1) is 0 Å². The summed E-state index contributed by atoms with van der Waals surface area (Å²) in [5.41, 5.74) is 3.05. The smallest absolute Gasteiger partial charge is 0.110 e. The van der Waals surface area contributed by atoms with Gasteiger partial charge in [-0.2, -0.15) is 5.26 Å². The molecule has 2 atom stereocenters. The molecule has 0 heterocycles. The van der Waals surface area contributed by atoms with E-state index in [1.807, 2.05) is 12.1 Å². The third kappa shape index (κ3) is 4.58. The monoisotopic (exact) mass is 408 g/mol. The Balaban J connectivity index is 1.58. The number of likely N-dealkylation sites (N-methyl/N-ethyl adjacent to an activating group) is 1. The molecule has 0 radical (unpaired) electrons. The summed E-state index contributed by atoms with van der Waals surface area (Å²) in [4.78, 5) is 2.53. The minimum Gasteiger partial charge on any atom is -0.303 e. The van der Waals surface area contributed by atoms with Crippen molar-refractivity contribution < 1.29 is 0 Å². The number of hydrogen-bond acceptors (Lipinski definition) is 2. The van der Waals surface area contributed by atoms with Crippen molar-refractivity contribution in [1.82, 2.24) is 4.90 Å². The molecule has 0 unspecified atom stereocenters. The van der Waals surface area contributed by atoms with E-state index in [4.69, 9.17) is 0 Å². The summed E-state index contributed by atoms with van der Waals surface area (Å²) in [5, 5.41) is 10.6. The molecule has 0 bridgehead atoms. The summed E-state index contributed by atoms with van der Waals surface area (Å²) >= 11 is 0. The van der Waals surface area contributed by atoms with Gasteiger partial charge in [-0.1, -0.05) is 97.4 Å². The van der Waals surface area contributed by atoms with E-state index in [0.717, 1.165) is 36.9 Å². The first-order chi connectivity index (χ1) is 15.2. The molecule has 3 aromatic carbocycles. The van der Waals surface area contributed by atoms with Crippen LogP contribution in [0.5, 0.6) is 0 Å². The highest BCUT2D eigenvalue weighted by Crippen LogP contribution is 2.46. The van der Waals surface area contributed by atoms with Gasteiger partial charge < -0.3 is 4.90 Å². The van der Waals surface area contributed by atoms with Gasteiger partial charge >= 0.3 is 0 Å². The second kappa shape index (κ2) is 9.94. The van der Waals surface area contributed by atoms with E-state index in [9.17, 15) is 5.26 Å². The molecular weight excluding hydrogens is 376 g/mol. The Labute approximate surface area is 187 Å². The molecule has 0 spiro atoms. The predicted molar refractivity (Wildman–Crippen MR) is 128 cm³/mol. The zero-order valence-electron chi connectivity index (χ0n) is 18.5. The fourth-order valence-corrected chi connectivity index (χ4v) is 5.35. The molecule has 3 aromatic rings. The van der Waals surface area contributed by atoms with Crippen LogP contribution in [0.4, 0.5) is 0 Å². The van der Waals surface area contributed by atoms with Gasteiger partial charge in [0.15, 0.2) is 0 Å². The first-order valence-corrected chi connectivity index (χ1v) is 11.5. The molecule has 0 amide bonds. The normalized spacial score (nSPS) is 19.1. The van der Waals surface area contributed by atoms with Crippen LogP contribution < -0.4 is 0 Å². The predicted octanol–water partition coefficient (Wildman–Crippen LogP) is 6.23. The molecule has 158 valence electrons. The van der Waals surface area contributed by atoms with Gasteiger partial charge in [-0.3, -0.25) is 0 Å². The fourth-order valence-electron chi connectivity index (χ4n) is 5.35. The Kier molecular flexibility index (Phi) is 6.85. The average molecular weight is 409 g/mol. The van der Waals surface area contributed by atoms with Crippen LogP contribution >= 0.6 is 0 Å². The van der Waals surface area contributed by atoms with Crippen LogP contribution in [0.15, 0.2) is 91.0 Å². The molecule has 1 saturated carbocycles. The van der Waals surface area contributed by atoms with Crippen molar-refractivity contribution in [3.05, 3.63) is 108 Å². The summed E-state index contributed by atoms with van der Waals surface area (Å²) < 4.78 is 0. The Bertz CT molecular complexity index is 936. The largest absolute Gasteiger partial charge is 0.303 e. The van der Waals surface area contributed by atoms with Gasteiger partial charge in [0.25, 0.3) is 0 Å². The summed E-state index contributed by atoms with van der Waals surface area (Å²) in [6.45, 7) is 1.05. The lowest BCUT2D eigenvalue weighted by atomic mass is 9.61. The van der Waals surface area contributed by atoms with E-state index in [1.54, 1.807) is 0 Å². The number of rotatable bonds is 7. The molecule has 1 aliphatic rings. The molecule has 1 aliphatic carbocycles. The molecule has 0 saturated heterocycles. The van der Waals surface area contributed by atoms with Gasteiger partial charge in [0.2, 0.25) is 0 Å². The van der Waals surface area contributed by atoms with Gasteiger partial charge in [-0.25, -0.2) is 0 Å². The van der Waals surface area contributed by atoms with Crippen molar-refractivity contribution in [3.63, 3.8) is 0 Å². The first kappa shape index (κ1) is 21.3. The number of benzene rings is 3. The Morgan fingerprint density at radius 1 is 0.839 bits per heavy atom. The Hall–Kier alpha value is -2.89. The maximum Gasteiger partial charge on any atom is 0.110 e. The molecule has 0 N–H and O–H groups in total. The molecule has 2 heteroatoms. The molecule has 1 fully saturated rings. The van der Waals surface area contributed by atoms with Crippen LogP contribution in [0.2, 0.25) is 0 Å². The zero-order chi connectivity index (χ0) is 21.5. The lowest BCUT2D eigenvalue weighted by molar-refractivity contribution is 0.139. The van der Waals surface area contributed by atoms with Gasteiger partial charge in [0, 0.05) is 12.6 Å². The van der Waals surface area contributed by atoms with Gasteiger partial charge in [0.05, 0.1) is 6.07 Å². The standard InChI is InChI=1S/C29H32N2/c1-31(21-20-24-12-5-2-6-13-24)28-19-11-18-27(22-28)29(23-30,25-14-7-3-8-15-25)26-16-9-4-10-17-26/h2-10,12-17,27-28H,11,18-22H2,1H3/t27-,28+/m1/s1. The summed E-state index contributed by atoms with van der Waals surface area (Å²) in [6.07, 6.45) is 5.61. The molecule has 0 aliphatic heterocycles. The summed E-state index contributed by atoms with van der Waals surface area (Å²) in [5.74, 6) is 0.306. The second-order valence-electron chi connectivity index (χ2n) is 8.89. The van der Waals surface area contributed by atoms with E-state index in [0.29, 0.717) is 12.0 Å². The maximum atomic E-state index is 10.6. The molecular formula is C29H32N2. The van der Waals surface area contributed by atoms with Crippen LogP contribution in [-0.2, 0) is 11.8 Å². The van der Waals surface area contributed by atoms with Crippen molar-refractivity contribution in [2.45, 2.75) is 43.6 Å². The SMILES string of the molecule is CN(CCc1ccccc1)[C@H]1CCC[C@@H](C(C#N)(c2ccccc2)c2ccccc2)C1. The third-order valence-electron chi connectivity index (χ3n) is 7.11. The summed E-state index contributed by atoms with van der Waals surface area (Å²) in [6, 6.07) is 35.0. The maximum absolute atomic E-state index is 10.6. The van der Waals surface area contributed by atoms with E-state index < -0.39 is 5.41 Å². The highest BCUT2D eigenvalue weighted by molar-refractivity contribution is 5.47. The highest BCUT2D eigenvalue weighted by Gasteiger charge is 2.44. The van der Waals surface area contributed by atoms with Crippen molar-refractivity contribution in [2.24, 2.45) is 5.92 Å².